The standard InChI is InChI=1S/C33H31NO4/c1-21-18-27-31(33(37)34(32(27)36)25-10-6-3-7-11-25)28-20-38-29(30(21)28)17-14-24(23-8-4-2-5-9-23)19-22-12-15-26(35)16-13-22/h2-13,15-16,19,27-29,31,35H,14,17-18,20H2,1H3/b24-19-/t27-,28+,29-,31-/m1/s1. The highest BCUT2D eigenvalue weighted by atomic mass is 16.5. The molecule has 2 heterocycles. The Bertz CT molecular complexity index is 1410. The number of carbonyl (C=O) groups excluding carboxylic acids is 2. The number of rotatable bonds is 6. The lowest BCUT2D eigenvalue weighted by atomic mass is 9.70. The average Bonchev–Trinajstić information content (AvgIpc) is 3.47. The van der Waals surface area contributed by atoms with E-state index in [1.807, 2.05) is 60.7 Å². The van der Waals surface area contributed by atoms with E-state index in [0.717, 1.165) is 24.0 Å². The van der Waals surface area contributed by atoms with Crippen LogP contribution in [0.1, 0.15) is 37.3 Å². The molecule has 0 saturated carbocycles. The van der Waals surface area contributed by atoms with E-state index < -0.39 is 0 Å². The molecule has 4 atom stereocenters. The molecule has 0 unspecified atom stereocenters. The summed E-state index contributed by atoms with van der Waals surface area (Å²) in [6, 6.07) is 26.8. The second kappa shape index (κ2) is 10.1. The molecule has 1 N–H and O–H groups in total. The van der Waals surface area contributed by atoms with Crippen LogP contribution in [0.3, 0.4) is 0 Å². The summed E-state index contributed by atoms with van der Waals surface area (Å²) in [5.41, 5.74) is 6.44. The van der Waals surface area contributed by atoms with E-state index >= 15 is 0 Å². The van der Waals surface area contributed by atoms with Crippen LogP contribution in [-0.4, -0.2) is 29.6 Å². The van der Waals surface area contributed by atoms with Crippen molar-refractivity contribution in [2.24, 2.45) is 17.8 Å². The lowest BCUT2D eigenvalue weighted by molar-refractivity contribution is -0.122. The molecule has 2 aliphatic heterocycles. The van der Waals surface area contributed by atoms with Gasteiger partial charge in [0.2, 0.25) is 11.8 Å². The predicted molar refractivity (Wildman–Crippen MR) is 148 cm³/mol. The molecule has 2 fully saturated rings. The van der Waals surface area contributed by atoms with E-state index in [9.17, 15) is 14.7 Å². The van der Waals surface area contributed by atoms with Crippen molar-refractivity contribution >= 4 is 29.2 Å². The van der Waals surface area contributed by atoms with Gasteiger partial charge in [0.1, 0.15) is 5.75 Å². The summed E-state index contributed by atoms with van der Waals surface area (Å²) in [7, 11) is 0. The third-order valence-electron chi connectivity index (χ3n) is 8.22. The number of imide groups is 1. The van der Waals surface area contributed by atoms with Crippen LogP contribution in [0.25, 0.3) is 11.6 Å². The number of ether oxygens (including phenoxy) is 1. The first kappa shape index (κ1) is 24.4. The van der Waals surface area contributed by atoms with Crippen LogP contribution in [0.4, 0.5) is 5.69 Å². The molecular weight excluding hydrogens is 474 g/mol. The first-order valence-electron chi connectivity index (χ1n) is 13.3. The molecule has 0 radical (unpaired) electrons. The molecular formula is C33H31NO4. The molecule has 0 bridgehead atoms. The van der Waals surface area contributed by atoms with Crippen molar-refractivity contribution in [1.29, 1.82) is 0 Å². The van der Waals surface area contributed by atoms with Crippen LogP contribution in [0, 0.1) is 17.8 Å². The number of fused-ring (bicyclic) bond motifs is 3. The summed E-state index contributed by atoms with van der Waals surface area (Å²) in [6.07, 6.45) is 4.30. The number of hydrogen-bond acceptors (Lipinski definition) is 4. The highest BCUT2D eigenvalue weighted by Crippen LogP contribution is 2.50. The van der Waals surface area contributed by atoms with Crippen molar-refractivity contribution in [2.45, 2.75) is 32.3 Å². The lowest BCUT2D eigenvalue weighted by Gasteiger charge is -2.30. The van der Waals surface area contributed by atoms with Gasteiger partial charge in [0.25, 0.3) is 0 Å². The zero-order valence-electron chi connectivity index (χ0n) is 21.4. The van der Waals surface area contributed by atoms with Gasteiger partial charge in [-0.05, 0) is 72.7 Å². The fourth-order valence-corrected chi connectivity index (χ4v) is 6.47. The smallest absolute Gasteiger partial charge is 0.238 e. The van der Waals surface area contributed by atoms with Crippen LogP contribution in [0.5, 0.6) is 5.75 Å². The molecule has 3 aromatic carbocycles. The monoisotopic (exact) mass is 505 g/mol. The largest absolute Gasteiger partial charge is 0.508 e. The van der Waals surface area contributed by atoms with Gasteiger partial charge in [-0.2, -0.15) is 0 Å². The highest BCUT2D eigenvalue weighted by Gasteiger charge is 2.56. The van der Waals surface area contributed by atoms with E-state index in [1.165, 1.54) is 21.6 Å². The minimum absolute atomic E-state index is 0.0508. The van der Waals surface area contributed by atoms with E-state index in [-0.39, 0.29) is 41.4 Å². The van der Waals surface area contributed by atoms with Crippen LogP contribution in [0.2, 0.25) is 0 Å². The molecule has 5 heteroatoms. The number of hydrogen-bond donors (Lipinski definition) is 1. The topological polar surface area (TPSA) is 66.8 Å². The number of aromatic hydroxyl groups is 1. The molecule has 0 spiro atoms. The summed E-state index contributed by atoms with van der Waals surface area (Å²) in [6.45, 7) is 2.58. The molecule has 38 heavy (non-hydrogen) atoms. The van der Waals surface area contributed by atoms with E-state index in [2.05, 4.69) is 25.1 Å². The molecule has 2 amide bonds. The van der Waals surface area contributed by atoms with Gasteiger partial charge in [-0.3, -0.25) is 14.5 Å². The highest BCUT2D eigenvalue weighted by molar-refractivity contribution is 6.22. The Kier molecular flexibility index (Phi) is 6.46. The number of nitrogens with zero attached hydrogens (tertiary/aromatic N) is 1. The van der Waals surface area contributed by atoms with Gasteiger partial charge in [0, 0.05) is 5.92 Å². The number of phenols is 1. The molecule has 3 aliphatic rings. The SMILES string of the molecule is CC1=C2[C@@H](CC/C(=C/c3ccc(O)cc3)c3ccccc3)OC[C@@H]2[C@@H]2C(=O)N(c3ccccc3)C(=O)[C@@H]2C1. The van der Waals surface area contributed by atoms with Gasteiger partial charge in [0.15, 0.2) is 0 Å². The van der Waals surface area contributed by atoms with E-state index in [0.29, 0.717) is 18.7 Å². The Balaban J connectivity index is 1.24. The minimum atomic E-state index is -0.354. The molecule has 0 aromatic heterocycles. The third-order valence-corrected chi connectivity index (χ3v) is 8.22. The average molecular weight is 506 g/mol. The van der Waals surface area contributed by atoms with Crippen molar-refractivity contribution in [2.75, 3.05) is 11.5 Å². The number of carbonyl (C=O) groups is 2. The fourth-order valence-electron chi connectivity index (χ4n) is 6.47. The number of phenolic OH excluding ortho intramolecular Hbond substituents is 1. The van der Waals surface area contributed by atoms with Crippen LogP contribution in [0.15, 0.2) is 96.1 Å². The Morgan fingerprint density at radius 3 is 2.32 bits per heavy atom. The van der Waals surface area contributed by atoms with Gasteiger partial charge in [-0.15, -0.1) is 0 Å². The number of para-hydroxylation sites is 1. The Morgan fingerprint density at radius 1 is 0.921 bits per heavy atom. The minimum Gasteiger partial charge on any atom is -0.508 e. The second-order valence-electron chi connectivity index (χ2n) is 10.5. The van der Waals surface area contributed by atoms with Crippen molar-refractivity contribution in [1.82, 2.24) is 0 Å². The maximum atomic E-state index is 13.6. The number of anilines is 1. The molecule has 3 aromatic rings. The zero-order chi connectivity index (χ0) is 26.2. The van der Waals surface area contributed by atoms with Gasteiger partial charge in [-0.25, -0.2) is 0 Å². The van der Waals surface area contributed by atoms with Gasteiger partial charge < -0.3 is 9.84 Å². The van der Waals surface area contributed by atoms with E-state index in [1.54, 1.807) is 12.1 Å². The molecule has 6 rings (SSSR count). The molecule has 192 valence electrons. The summed E-state index contributed by atoms with van der Waals surface area (Å²) in [5.74, 6) is -0.651. The lowest BCUT2D eigenvalue weighted by Crippen LogP contribution is -2.34. The molecule has 1 aliphatic carbocycles. The van der Waals surface area contributed by atoms with Crippen molar-refractivity contribution in [3.05, 3.63) is 107 Å². The fraction of sp³-hybridized carbons (Fsp3) is 0.273. The summed E-state index contributed by atoms with van der Waals surface area (Å²) >= 11 is 0. The second-order valence-corrected chi connectivity index (χ2v) is 10.5. The van der Waals surface area contributed by atoms with Crippen molar-refractivity contribution in [3.8, 4) is 5.75 Å². The summed E-state index contributed by atoms with van der Waals surface area (Å²) in [4.78, 5) is 28.3. The number of benzene rings is 3. The van der Waals surface area contributed by atoms with Crippen molar-refractivity contribution in [3.63, 3.8) is 0 Å². The Morgan fingerprint density at radius 2 is 1.61 bits per heavy atom. The quantitative estimate of drug-likeness (QED) is 0.244. The summed E-state index contributed by atoms with van der Waals surface area (Å²) in [5, 5.41) is 9.68. The number of amides is 2. The first-order valence-corrected chi connectivity index (χ1v) is 13.3. The van der Waals surface area contributed by atoms with Crippen LogP contribution >= 0.6 is 0 Å². The van der Waals surface area contributed by atoms with E-state index in [4.69, 9.17) is 4.74 Å². The van der Waals surface area contributed by atoms with Crippen LogP contribution < -0.4 is 4.90 Å². The van der Waals surface area contributed by atoms with Gasteiger partial charge >= 0.3 is 0 Å². The number of allylic oxidation sites excluding steroid dienone is 2. The Labute approximate surface area is 223 Å². The predicted octanol–water partition coefficient (Wildman–Crippen LogP) is 6.25. The van der Waals surface area contributed by atoms with Crippen molar-refractivity contribution < 1.29 is 19.4 Å². The molecule has 2 saturated heterocycles. The van der Waals surface area contributed by atoms with Gasteiger partial charge in [-0.1, -0.05) is 72.3 Å². The molecule has 5 nitrogen and oxygen atoms in total. The normalized spacial score (nSPS) is 25.1. The van der Waals surface area contributed by atoms with Crippen LogP contribution in [-0.2, 0) is 14.3 Å². The third kappa shape index (κ3) is 4.37. The maximum Gasteiger partial charge on any atom is 0.238 e. The Hall–Kier alpha value is -3.96. The maximum absolute atomic E-state index is 13.6. The first-order chi connectivity index (χ1) is 18.5. The van der Waals surface area contributed by atoms with Gasteiger partial charge in [0.05, 0.1) is 30.2 Å². The zero-order valence-corrected chi connectivity index (χ0v) is 21.4. The summed E-state index contributed by atoms with van der Waals surface area (Å²) < 4.78 is 6.36.